The number of nitrogens with zero attached hydrogens (tertiary/aromatic N) is 3. The number of carbonyl (C=O) groups excluding carboxylic acids is 1. The summed E-state index contributed by atoms with van der Waals surface area (Å²) in [6.45, 7) is 18.8. The largest absolute Gasteiger partial charge is 0.383 e. The topological polar surface area (TPSA) is 187 Å². The monoisotopic (exact) mass is 857 g/mol. The van der Waals surface area contributed by atoms with Crippen LogP contribution in [0.3, 0.4) is 0 Å². The lowest BCUT2D eigenvalue weighted by molar-refractivity contribution is -0.147. The van der Waals surface area contributed by atoms with Gasteiger partial charge in [-0.05, 0) is 17.3 Å². The molecule has 0 aliphatic heterocycles. The lowest BCUT2D eigenvalue weighted by Crippen LogP contribution is -2.40. The average Bonchev–Trinajstić information content (AvgIpc) is 3.08. The van der Waals surface area contributed by atoms with Crippen LogP contribution in [0.2, 0.25) is 0 Å². The van der Waals surface area contributed by atoms with E-state index in [0.29, 0.717) is 91.5 Å². The molecule has 0 saturated carbocycles. The van der Waals surface area contributed by atoms with E-state index in [1.165, 1.54) is 8.61 Å². The highest BCUT2D eigenvalue weighted by atomic mass is 32.2. The van der Waals surface area contributed by atoms with Gasteiger partial charge >= 0.3 is 0 Å². The first kappa shape index (κ1) is 59.2. The van der Waals surface area contributed by atoms with Crippen LogP contribution in [0, 0.1) is 17.3 Å². The number of methoxy groups -OCH3 is 6. The fraction of sp³-hybridized carbons (Fsp3) is 0.972. The van der Waals surface area contributed by atoms with Crippen molar-refractivity contribution in [2.45, 2.75) is 54.9 Å². The average molecular weight is 858 g/mol. The van der Waals surface area contributed by atoms with E-state index in [0.717, 1.165) is 0 Å². The summed E-state index contributed by atoms with van der Waals surface area (Å²) in [5, 5.41) is 0. The summed E-state index contributed by atoms with van der Waals surface area (Å²) < 4.78 is 102. The molecule has 0 heterocycles. The van der Waals surface area contributed by atoms with Crippen molar-refractivity contribution >= 4 is 26.0 Å². The molecular weight excluding hydrogens is 779 g/mol. The van der Waals surface area contributed by atoms with E-state index in [4.69, 9.17) is 47.4 Å². The molecule has 20 heteroatoms. The maximum absolute atomic E-state index is 12.2. The number of hydrogen-bond donors (Lipinski definition) is 0. The van der Waals surface area contributed by atoms with Gasteiger partial charge in [0.25, 0.3) is 0 Å². The third kappa shape index (κ3) is 37.2. The van der Waals surface area contributed by atoms with Gasteiger partial charge in [0.15, 0.2) is 0 Å². The van der Waals surface area contributed by atoms with Gasteiger partial charge in [0.1, 0.15) is 26.9 Å². The fourth-order valence-corrected chi connectivity index (χ4v) is 7.56. The van der Waals surface area contributed by atoms with Gasteiger partial charge in [-0.15, -0.1) is 0 Å². The second-order valence-electron chi connectivity index (χ2n) is 14.5. The molecule has 18 nitrogen and oxygen atoms in total. The predicted molar refractivity (Wildman–Crippen MR) is 216 cm³/mol. The van der Waals surface area contributed by atoms with Gasteiger partial charge in [0.05, 0.1) is 77.6 Å². The summed E-state index contributed by atoms with van der Waals surface area (Å²) in [6.07, 6.45) is 0.487. The first-order chi connectivity index (χ1) is 26.3. The van der Waals surface area contributed by atoms with Crippen molar-refractivity contribution < 1.29 is 69.0 Å². The molecule has 0 aliphatic rings. The Morgan fingerprint density at radius 1 is 0.500 bits per heavy atom. The number of ether oxygens (including phenoxy) is 10. The summed E-state index contributed by atoms with van der Waals surface area (Å²) in [7, 11) is 2.82. The number of sulfonamides is 2. The second-order valence-corrected chi connectivity index (χ2v) is 18.5. The maximum atomic E-state index is 12.2. The van der Waals surface area contributed by atoms with Crippen LogP contribution < -0.4 is 0 Å². The highest BCUT2D eigenvalue weighted by molar-refractivity contribution is 7.89. The third-order valence-corrected chi connectivity index (χ3v) is 11.1. The van der Waals surface area contributed by atoms with Gasteiger partial charge in [-0.1, -0.05) is 48.5 Å². The van der Waals surface area contributed by atoms with Gasteiger partial charge in [-0.3, -0.25) is 9.69 Å². The number of carbonyl (C=O) groups is 1. The van der Waals surface area contributed by atoms with E-state index in [-0.39, 0.29) is 55.7 Å². The molecule has 0 fully saturated rings. The van der Waals surface area contributed by atoms with E-state index >= 15 is 0 Å². The quantitative estimate of drug-likeness (QED) is 0.0692. The fourth-order valence-electron chi connectivity index (χ4n) is 4.05. The van der Waals surface area contributed by atoms with Crippen LogP contribution in [0.5, 0.6) is 0 Å². The maximum Gasteiger partial charge on any atom is 0.226 e. The minimum absolute atomic E-state index is 0.0323. The van der Waals surface area contributed by atoms with Crippen LogP contribution in [0.25, 0.3) is 0 Å². The highest BCUT2D eigenvalue weighted by Crippen LogP contribution is 2.18. The summed E-state index contributed by atoms with van der Waals surface area (Å²) in [6, 6.07) is 0. The van der Waals surface area contributed by atoms with Crippen LogP contribution in [-0.2, 0) is 72.2 Å². The van der Waals surface area contributed by atoms with Crippen LogP contribution in [0.1, 0.15) is 54.9 Å². The van der Waals surface area contributed by atoms with Crippen molar-refractivity contribution in [2.75, 3.05) is 160 Å². The van der Waals surface area contributed by atoms with Crippen molar-refractivity contribution in [3.05, 3.63) is 0 Å². The first-order valence-corrected chi connectivity index (χ1v) is 22.0. The Kier molecular flexibility index (Phi) is 39.0. The minimum atomic E-state index is -3.39. The Hall–Kier alpha value is -1.11. The molecule has 0 aromatic carbocycles. The molecule has 0 spiro atoms. The summed E-state index contributed by atoms with van der Waals surface area (Å²) in [5.41, 5.74) is -0.253. The molecule has 56 heavy (non-hydrogen) atoms. The van der Waals surface area contributed by atoms with Crippen molar-refractivity contribution in [3.8, 4) is 0 Å². The number of amides is 1. The Balaban J connectivity index is -0.000000755. The highest BCUT2D eigenvalue weighted by Gasteiger charge is 2.28. The molecule has 0 aromatic rings. The smallest absolute Gasteiger partial charge is 0.226 e. The Labute approximate surface area is 340 Å². The van der Waals surface area contributed by atoms with E-state index in [1.807, 2.05) is 48.5 Å². The van der Waals surface area contributed by atoms with Crippen LogP contribution in [0.4, 0.5) is 0 Å². The van der Waals surface area contributed by atoms with Gasteiger partial charge in [-0.2, -0.15) is 8.61 Å². The van der Waals surface area contributed by atoms with E-state index in [2.05, 4.69) is 0 Å². The van der Waals surface area contributed by atoms with E-state index in [9.17, 15) is 21.6 Å². The van der Waals surface area contributed by atoms with Crippen LogP contribution >= 0.6 is 0 Å². The van der Waals surface area contributed by atoms with E-state index < -0.39 is 20.0 Å². The second kappa shape index (κ2) is 36.9. The molecule has 0 N–H and O–H groups in total. The molecule has 0 aliphatic carbocycles. The molecule has 0 bridgehead atoms. The summed E-state index contributed by atoms with van der Waals surface area (Å²) in [4.78, 5) is 13.5. The summed E-state index contributed by atoms with van der Waals surface area (Å²) >= 11 is 0. The Bertz CT molecular complexity index is 1080. The van der Waals surface area contributed by atoms with Crippen molar-refractivity contribution in [1.29, 1.82) is 0 Å². The van der Waals surface area contributed by atoms with Crippen molar-refractivity contribution in [1.82, 2.24) is 13.5 Å². The SMILES string of the molecule is COCCN(CCOC)S(=O)(=O)CC(C)(C)C.COCCOCN(COCCOC)C(=O)CC(C)C.COCCOCN(COCCOC)S(=O)(=O)CC(C)C. The predicted octanol–water partition coefficient (Wildman–Crippen LogP) is 2.57. The van der Waals surface area contributed by atoms with Gasteiger partial charge in [-0.25, -0.2) is 16.8 Å². The molecule has 0 atom stereocenters. The standard InChI is InChI=1S/C13H27NO5.C12H27NO6S.C11H25NO4S/c1-12(2)9-13(15)14(10-18-7-5-16-3)11-19-8-6-17-4;1-12(2)9-20(14,15)13(10-18-7-5-16-3)11-19-8-6-17-4;1-11(2,3)10-17(13,14)12(6-8-15-4)7-9-16-5/h12H,5-11H2,1-4H3;12H,5-11H2,1-4H3;6-10H2,1-5H3. The normalized spacial score (nSPS) is 12.2. The molecule has 0 unspecified atom stereocenters. The molecule has 0 rings (SSSR count). The number of hydrogen-bond acceptors (Lipinski definition) is 15. The third-order valence-electron chi connectivity index (χ3n) is 6.66. The molecule has 340 valence electrons. The summed E-state index contributed by atoms with van der Waals surface area (Å²) in [5.74, 6) is 0.583. The molecule has 0 saturated heterocycles. The number of rotatable bonds is 33. The van der Waals surface area contributed by atoms with Crippen molar-refractivity contribution in [3.63, 3.8) is 0 Å². The van der Waals surface area contributed by atoms with Crippen LogP contribution in [-0.4, -0.2) is 196 Å². The minimum Gasteiger partial charge on any atom is -0.383 e. The van der Waals surface area contributed by atoms with E-state index in [1.54, 1.807) is 47.6 Å². The first-order valence-electron chi connectivity index (χ1n) is 18.8. The zero-order chi connectivity index (χ0) is 43.5. The zero-order valence-corrected chi connectivity index (χ0v) is 38.5. The molecule has 0 aromatic heterocycles. The van der Waals surface area contributed by atoms with Gasteiger partial charge < -0.3 is 47.4 Å². The van der Waals surface area contributed by atoms with Gasteiger partial charge in [0.2, 0.25) is 26.0 Å². The van der Waals surface area contributed by atoms with Crippen molar-refractivity contribution in [2.24, 2.45) is 17.3 Å². The molecule has 1 amide bonds. The zero-order valence-electron chi connectivity index (χ0n) is 36.9. The molecule has 0 radical (unpaired) electrons. The Morgan fingerprint density at radius 2 is 0.857 bits per heavy atom. The Morgan fingerprint density at radius 3 is 1.16 bits per heavy atom. The molecular formula is C36H79N3O15S2. The van der Waals surface area contributed by atoms with Gasteiger partial charge in [0, 0.05) is 62.2 Å². The van der Waals surface area contributed by atoms with Crippen LogP contribution in [0.15, 0.2) is 0 Å². The lowest BCUT2D eigenvalue weighted by Gasteiger charge is -2.26. The lowest BCUT2D eigenvalue weighted by atomic mass is 10.0.